The average molecular weight is 408 g/mol. The third-order valence-electron chi connectivity index (χ3n) is 5.04. The van der Waals surface area contributed by atoms with Crippen molar-refractivity contribution in [1.29, 1.82) is 0 Å². The molecule has 1 aliphatic heterocycles. The Bertz CT molecular complexity index is 964. The van der Waals surface area contributed by atoms with Gasteiger partial charge >= 0.3 is 0 Å². The standard InChI is InChI=1S/C22H22ClN5O/c23-17-5-1-4-16(14-17)7-10-21(29)28-13-2-6-20(28)19-9-8-18(15-26-19)27-22-24-11-3-12-25-22/h1,3-5,8-9,11-12,14-15,20H,2,6-7,10,13H2,(H,24,25,27). The molecule has 0 radical (unpaired) electrons. The van der Waals surface area contributed by atoms with Crippen molar-refractivity contribution in [1.82, 2.24) is 19.9 Å². The van der Waals surface area contributed by atoms with Crippen LogP contribution in [0, 0.1) is 0 Å². The summed E-state index contributed by atoms with van der Waals surface area (Å²) in [5.41, 5.74) is 2.81. The maximum Gasteiger partial charge on any atom is 0.227 e. The van der Waals surface area contributed by atoms with Gasteiger partial charge in [0.2, 0.25) is 11.9 Å². The summed E-state index contributed by atoms with van der Waals surface area (Å²) in [6.07, 6.45) is 8.22. The molecule has 2 aromatic heterocycles. The van der Waals surface area contributed by atoms with E-state index in [0.717, 1.165) is 36.3 Å². The van der Waals surface area contributed by atoms with E-state index in [9.17, 15) is 4.79 Å². The number of pyridine rings is 1. The Morgan fingerprint density at radius 3 is 2.76 bits per heavy atom. The van der Waals surface area contributed by atoms with Crippen molar-refractivity contribution in [3.63, 3.8) is 0 Å². The second-order valence-corrected chi connectivity index (χ2v) is 7.48. The Balaban J connectivity index is 1.39. The van der Waals surface area contributed by atoms with Gasteiger partial charge < -0.3 is 10.2 Å². The van der Waals surface area contributed by atoms with Gasteiger partial charge in [0.15, 0.2) is 0 Å². The Kier molecular flexibility index (Phi) is 6.00. The second kappa shape index (κ2) is 9.01. The van der Waals surface area contributed by atoms with E-state index in [1.54, 1.807) is 24.7 Å². The number of nitrogens with zero attached hydrogens (tertiary/aromatic N) is 4. The molecule has 1 amide bonds. The summed E-state index contributed by atoms with van der Waals surface area (Å²) in [5.74, 6) is 0.690. The van der Waals surface area contributed by atoms with Crippen LogP contribution in [0.25, 0.3) is 0 Å². The number of benzene rings is 1. The van der Waals surface area contributed by atoms with Crippen molar-refractivity contribution in [3.8, 4) is 0 Å². The number of hydrogen-bond donors (Lipinski definition) is 1. The number of anilines is 2. The minimum Gasteiger partial charge on any atom is -0.334 e. The normalized spacial score (nSPS) is 16.0. The second-order valence-electron chi connectivity index (χ2n) is 7.04. The van der Waals surface area contributed by atoms with Crippen molar-refractivity contribution in [2.75, 3.05) is 11.9 Å². The number of aromatic nitrogens is 3. The van der Waals surface area contributed by atoms with E-state index in [1.807, 2.05) is 41.3 Å². The first-order chi connectivity index (χ1) is 14.2. The first-order valence-electron chi connectivity index (χ1n) is 9.73. The van der Waals surface area contributed by atoms with Gasteiger partial charge in [0.1, 0.15) is 0 Å². The molecule has 1 atom stereocenters. The van der Waals surface area contributed by atoms with E-state index in [-0.39, 0.29) is 11.9 Å². The van der Waals surface area contributed by atoms with Crippen LogP contribution in [0.2, 0.25) is 5.02 Å². The summed E-state index contributed by atoms with van der Waals surface area (Å²) in [6.45, 7) is 0.776. The fourth-order valence-electron chi connectivity index (χ4n) is 3.63. The van der Waals surface area contributed by atoms with Gasteiger partial charge in [0.05, 0.1) is 23.6 Å². The lowest BCUT2D eigenvalue weighted by molar-refractivity contribution is -0.132. The molecule has 1 aromatic carbocycles. The highest BCUT2D eigenvalue weighted by Gasteiger charge is 2.30. The van der Waals surface area contributed by atoms with Gasteiger partial charge in [-0.25, -0.2) is 9.97 Å². The van der Waals surface area contributed by atoms with E-state index in [2.05, 4.69) is 20.3 Å². The summed E-state index contributed by atoms with van der Waals surface area (Å²) in [7, 11) is 0. The topological polar surface area (TPSA) is 71.0 Å². The first-order valence-corrected chi connectivity index (χ1v) is 10.1. The smallest absolute Gasteiger partial charge is 0.227 e. The van der Waals surface area contributed by atoms with Crippen LogP contribution < -0.4 is 5.32 Å². The third kappa shape index (κ3) is 4.90. The summed E-state index contributed by atoms with van der Waals surface area (Å²) in [5, 5.41) is 3.82. The lowest BCUT2D eigenvalue weighted by Gasteiger charge is -2.24. The van der Waals surface area contributed by atoms with Gasteiger partial charge in [0.25, 0.3) is 0 Å². The number of likely N-dealkylation sites (tertiary alicyclic amines) is 1. The van der Waals surface area contributed by atoms with E-state index >= 15 is 0 Å². The molecule has 1 unspecified atom stereocenters. The molecule has 1 N–H and O–H groups in total. The molecule has 6 nitrogen and oxygen atoms in total. The monoisotopic (exact) mass is 407 g/mol. The Morgan fingerprint density at radius 2 is 2.00 bits per heavy atom. The van der Waals surface area contributed by atoms with Crippen LogP contribution >= 0.6 is 11.6 Å². The highest BCUT2D eigenvalue weighted by Crippen LogP contribution is 2.32. The number of hydrogen-bond acceptors (Lipinski definition) is 5. The van der Waals surface area contributed by atoms with Gasteiger partial charge in [-0.2, -0.15) is 0 Å². The lowest BCUT2D eigenvalue weighted by Crippen LogP contribution is -2.31. The van der Waals surface area contributed by atoms with Gasteiger partial charge in [-0.05, 0) is 55.2 Å². The van der Waals surface area contributed by atoms with Gasteiger partial charge in [-0.3, -0.25) is 9.78 Å². The molecule has 1 saturated heterocycles. The highest BCUT2D eigenvalue weighted by atomic mass is 35.5. The van der Waals surface area contributed by atoms with Crippen LogP contribution in [0.3, 0.4) is 0 Å². The molecule has 7 heteroatoms. The fraction of sp³-hybridized carbons (Fsp3) is 0.273. The molecule has 3 aromatic rings. The van der Waals surface area contributed by atoms with Crippen molar-refractivity contribution in [3.05, 3.63) is 77.3 Å². The zero-order valence-electron chi connectivity index (χ0n) is 16.0. The van der Waals surface area contributed by atoms with Crippen LogP contribution in [-0.2, 0) is 11.2 Å². The maximum atomic E-state index is 12.8. The predicted octanol–water partition coefficient (Wildman–Crippen LogP) is 4.56. The number of carbonyl (C=O) groups excluding carboxylic acids is 1. The van der Waals surface area contributed by atoms with Gasteiger partial charge in [0, 0.05) is 30.4 Å². The van der Waals surface area contributed by atoms with E-state index in [4.69, 9.17) is 11.6 Å². The molecule has 0 spiro atoms. The van der Waals surface area contributed by atoms with Crippen molar-refractivity contribution in [2.45, 2.75) is 31.7 Å². The molecule has 1 fully saturated rings. The molecule has 29 heavy (non-hydrogen) atoms. The van der Waals surface area contributed by atoms with Crippen molar-refractivity contribution >= 4 is 29.1 Å². The zero-order chi connectivity index (χ0) is 20.1. The molecule has 1 aliphatic rings. The van der Waals surface area contributed by atoms with Crippen LogP contribution in [0.4, 0.5) is 11.6 Å². The van der Waals surface area contributed by atoms with Crippen LogP contribution in [-0.4, -0.2) is 32.3 Å². The molecule has 0 saturated carbocycles. The van der Waals surface area contributed by atoms with E-state index in [1.165, 1.54) is 0 Å². The maximum absolute atomic E-state index is 12.8. The Hall–Kier alpha value is -2.99. The molecule has 148 valence electrons. The number of halogens is 1. The Morgan fingerprint density at radius 1 is 1.14 bits per heavy atom. The fourth-order valence-corrected chi connectivity index (χ4v) is 3.84. The average Bonchev–Trinajstić information content (AvgIpc) is 3.23. The van der Waals surface area contributed by atoms with Gasteiger partial charge in [-0.15, -0.1) is 0 Å². The molecule has 0 bridgehead atoms. The number of rotatable bonds is 6. The molecular weight excluding hydrogens is 386 g/mol. The van der Waals surface area contributed by atoms with Crippen LogP contribution in [0.1, 0.15) is 36.6 Å². The minimum atomic E-state index is 0.0314. The molecular formula is C22H22ClN5O. The van der Waals surface area contributed by atoms with E-state index in [0.29, 0.717) is 23.8 Å². The van der Waals surface area contributed by atoms with Gasteiger partial charge in [-0.1, -0.05) is 23.7 Å². The number of amides is 1. The number of carbonyl (C=O) groups is 1. The summed E-state index contributed by atoms with van der Waals surface area (Å²) >= 11 is 6.04. The van der Waals surface area contributed by atoms with Crippen molar-refractivity contribution in [2.24, 2.45) is 0 Å². The lowest BCUT2D eigenvalue weighted by atomic mass is 10.1. The molecule has 4 rings (SSSR count). The van der Waals surface area contributed by atoms with E-state index < -0.39 is 0 Å². The zero-order valence-corrected chi connectivity index (χ0v) is 16.7. The molecule has 3 heterocycles. The van der Waals surface area contributed by atoms with Crippen LogP contribution in [0.5, 0.6) is 0 Å². The Labute approximate surface area is 175 Å². The minimum absolute atomic E-state index is 0.0314. The third-order valence-corrected chi connectivity index (χ3v) is 5.27. The quantitative estimate of drug-likeness (QED) is 0.648. The molecule has 0 aliphatic carbocycles. The van der Waals surface area contributed by atoms with Crippen molar-refractivity contribution < 1.29 is 4.79 Å². The highest BCUT2D eigenvalue weighted by molar-refractivity contribution is 6.30. The SMILES string of the molecule is O=C(CCc1cccc(Cl)c1)N1CCCC1c1ccc(Nc2ncccn2)cn1. The summed E-state index contributed by atoms with van der Waals surface area (Å²) < 4.78 is 0. The summed E-state index contributed by atoms with van der Waals surface area (Å²) in [6, 6.07) is 13.4. The first kappa shape index (κ1) is 19.3. The largest absolute Gasteiger partial charge is 0.334 e. The van der Waals surface area contributed by atoms with Crippen LogP contribution in [0.15, 0.2) is 61.1 Å². The summed E-state index contributed by atoms with van der Waals surface area (Å²) in [4.78, 5) is 27.7. The number of nitrogens with one attached hydrogen (secondary N) is 1. The number of aryl methyl sites for hydroxylation is 1. The predicted molar refractivity (Wildman–Crippen MR) is 113 cm³/mol.